The van der Waals surface area contributed by atoms with Crippen LogP contribution in [0.4, 0.5) is 0 Å². The van der Waals surface area contributed by atoms with Crippen molar-refractivity contribution in [2.24, 2.45) is 13.0 Å². The Morgan fingerprint density at radius 1 is 1.44 bits per heavy atom. The maximum Gasteiger partial charge on any atom is 0.0547 e. The number of aromatic nitrogens is 2. The molecule has 2 heterocycles. The predicted molar refractivity (Wildman–Crippen MR) is 74.5 cm³/mol. The Kier molecular flexibility index (Phi) is 4.78. The molecule has 4 nitrogen and oxygen atoms in total. The lowest BCUT2D eigenvalue weighted by Crippen LogP contribution is -2.37. The highest BCUT2D eigenvalue weighted by molar-refractivity contribution is 5.05. The molecule has 0 aromatic carbocycles. The highest BCUT2D eigenvalue weighted by Gasteiger charge is 2.19. The van der Waals surface area contributed by atoms with E-state index in [0.717, 1.165) is 12.5 Å². The van der Waals surface area contributed by atoms with Crippen LogP contribution in [0.2, 0.25) is 0 Å². The number of hydrogen-bond acceptors (Lipinski definition) is 3. The average Bonchev–Trinajstić information content (AvgIpc) is 2.83. The van der Waals surface area contributed by atoms with Crippen LogP contribution in [0.1, 0.15) is 38.4 Å². The minimum absolute atomic E-state index is 0.390. The van der Waals surface area contributed by atoms with Gasteiger partial charge >= 0.3 is 0 Å². The Hall–Kier alpha value is -0.870. The zero-order valence-corrected chi connectivity index (χ0v) is 11.9. The van der Waals surface area contributed by atoms with Crippen molar-refractivity contribution < 1.29 is 0 Å². The Labute approximate surface area is 110 Å². The second-order valence-electron chi connectivity index (χ2n) is 5.39. The van der Waals surface area contributed by atoms with Crippen LogP contribution in [0.25, 0.3) is 0 Å². The highest BCUT2D eigenvalue weighted by atomic mass is 15.3. The molecular formula is C14H26N4. The summed E-state index contributed by atoms with van der Waals surface area (Å²) in [5.41, 5.74) is 1.26. The average molecular weight is 250 g/mol. The van der Waals surface area contributed by atoms with E-state index >= 15 is 0 Å². The minimum atomic E-state index is 0.390. The van der Waals surface area contributed by atoms with Gasteiger partial charge < -0.3 is 10.2 Å². The van der Waals surface area contributed by atoms with E-state index in [4.69, 9.17) is 0 Å². The molecule has 1 aromatic heterocycles. The van der Waals surface area contributed by atoms with Crippen molar-refractivity contribution >= 4 is 0 Å². The molecule has 1 N–H and O–H groups in total. The molecule has 0 spiro atoms. The molecule has 1 saturated heterocycles. The summed E-state index contributed by atoms with van der Waals surface area (Å²) in [4.78, 5) is 2.54. The lowest BCUT2D eigenvalue weighted by molar-refractivity contribution is 0.188. The van der Waals surface area contributed by atoms with Gasteiger partial charge in [-0.25, -0.2) is 0 Å². The molecule has 0 aliphatic carbocycles. The second-order valence-corrected chi connectivity index (χ2v) is 5.39. The van der Waals surface area contributed by atoms with Gasteiger partial charge in [0.1, 0.15) is 0 Å². The van der Waals surface area contributed by atoms with Gasteiger partial charge in [-0.2, -0.15) is 5.10 Å². The summed E-state index contributed by atoms with van der Waals surface area (Å²) in [6.07, 6.45) is 4.53. The minimum Gasteiger partial charge on any atom is -0.309 e. The van der Waals surface area contributed by atoms with Crippen LogP contribution in [0.15, 0.2) is 12.3 Å². The SMILES string of the molecule is CCN1CCC(CNC(C)c2ccnn2C)CC1. The van der Waals surface area contributed by atoms with Gasteiger partial charge in [-0.1, -0.05) is 6.92 Å². The van der Waals surface area contributed by atoms with Crippen molar-refractivity contribution in [3.05, 3.63) is 18.0 Å². The van der Waals surface area contributed by atoms with E-state index in [9.17, 15) is 0 Å². The Morgan fingerprint density at radius 2 is 2.17 bits per heavy atom. The molecule has 1 fully saturated rings. The van der Waals surface area contributed by atoms with Crippen LogP contribution in [0, 0.1) is 5.92 Å². The Bertz CT molecular complexity index is 352. The van der Waals surface area contributed by atoms with Gasteiger partial charge in [0.2, 0.25) is 0 Å². The first-order valence-electron chi connectivity index (χ1n) is 7.14. The van der Waals surface area contributed by atoms with Gasteiger partial charge in [-0.3, -0.25) is 4.68 Å². The Morgan fingerprint density at radius 3 is 2.72 bits per heavy atom. The van der Waals surface area contributed by atoms with Crippen molar-refractivity contribution in [2.75, 3.05) is 26.2 Å². The van der Waals surface area contributed by atoms with Crippen molar-refractivity contribution in [3.8, 4) is 0 Å². The first-order valence-corrected chi connectivity index (χ1v) is 7.14. The topological polar surface area (TPSA) is 33.1 Å². The molecule has 2 rings (SSSR count). The van der Waals surface area contributed by atoms with Crippen LogP contribution < -0.4 is 5.32 Å². The van der Waals surface area contributed by atoms with Crippen LogP contribution in [0.3, 0.4) is 0 Å². The number of nitrogens with zero attached hydrogens (tertiary/aromatic N) is 3. The monoisotopic (exact) mass is 250 g/mol. The van der Waals surface area contributed by atoms with E-state index in [0.29, 0.717) is 6.04 Å². The molecule has 1 aliphatic heterocycles. The van der Waals surface area contributed by atoms with Crippen molar-refractivity contribution in [3.63, 3.8) is 0 Å². The summed E-state index contributed by atoms with van der Waals surface area (Å²) in [5, 5.41) is 7.87. The van der Waals surface area contributed by atoms with Gasteiger partial charge in [0.15, 0.2) is 0 Å². The number of hydrogen-bond donors (Lipinski definition) is 1. The van der Waals surface area contributed by atoms with Crippen molar-refractivity contribution in [1.82, 2.24) is 20.0 Å². The quantitative estimate of drug-likeness (QED) is 0.865. The summed E-state index contributed by atoms with van der Waals surface area (Å²) in [5.74, 6) is 0.837. The smallest absolute Gasteiger partial charge is 0.0547 e. The fourth-order valence-corrected chi connectivity index (χ4v) is 2.76. The molecule has 0 amide bonds. The summed E-state index contributed by atoms with van der Waals surface area (Å²) >= 11 is 0. The zero-order chi connectivity index (χ0) is 13.0. The van der Waals surface area contributed by atoms with Crippen molar-refractivity contribution in [2.45, 2.75) is 32.7 Å². The van der Waals surface area contributed by atoms with E-state index < -0.39 is 0 Å². The molecule has 102 valence electrons. The lowest BCUT2D eigenvalue weighted by Gasteiger charge is -2.31. The van der Waals surface area contributed by atoms with E-state index in [1.165, 1.54) is 38.2 Å². The number of likely N-dealkylation sites (tertiary alicyclic amines) is 1. The van der Waals surface area contributed by atoms with Crippen molar-refractivity contribution in [1.29, 1.82) is 0 Å². The molecule has 1 atom stereocenters. The first kappa shape index (κ1) is 13.6. The molecular weight excluding hydrogens is 224 g/mol. The number of nitrogens with one attached hydrogen (secondary N) is 1. The van der Waals surface area contributed by atoms with E-state index in [-0.39, 0.29) is 0 Å². The number of piperidine rings is 1. The van der Waals surface area contributed by atoms with Gasteiger partial charge in [0.25, 0.3) is 0 Å². The third-order valence-electron chi connectivity index (χ3n) is 4.17. The fraction of sp³-hybridized carbons (Fsp3) is 0.786. The second kappa shape index (κ2) is 6.34. The maximum atomic E-state index is 4.22. The van der Waals surface area contributed by atoms with Gasteiger partial charge in [-0.15, -0.1) is 0 Å². The molecule has 0 radical (unpaired) electrons. The van der Waals surface area contributed by atoms with Gasteiger partial charge in [0, 0.05) is 19.3 Å². The van der Waals surface area contributed by atoms with E-state index in [1.807, 2.05) is 17.9 Å². The highest BCUT2D eigenvalue weighted by Crippen LogP contribution is 2.18. The summed E-state index contributed by atoms with van der Waals surface area (Å²) < 4.78 is 1.96. The Balaban J connectivity index is 1.74. The first-order chi connectivity index (χ1) is 8.70. The van der Waals surface area contributed by atoms with Crippen LogP contribution in [-0.4, -0.2) is 40.9 Å². The molecule has 4 heteroatoms. The van der Waals surface area contributed by atoms with Gasteiger partial charge in [0.05, 0.1) is 5.69 Å². The molecule has 1 aromatic rings. The van der Waals surface area contributed by atoms with Crippen LogP contribution >= 0.6 is 0 Å². The third-order valence-corrected chi connectivity index (χ3v) is 4.17. The fourth-order valence-electron chi connectivity index (χ4n) is 2.76. The molecule has 0 bridgehead atoms. The van der Waals surface area contributed by atoms with E-state index in [1.54, 1.807) is 0 Å². The van der Waals surface area contributed by atoms with Crippen LogP contribution in [-0.2, 0) is 7.05 Å². The zero-order valence-electron chi connectivity index (χ0n) is 11.9. The molecule has 1 unspecified atom stereocenters. The molecule has 1 aliphatic rings. The number of rotatable bonds is 5. The maximum absolute atomic E-state index is 4.22. The summed E-state index contributed by atoms with van der Waals surface area (Å²) in [7, 11) is 2.01. The lowest BCUT2D eigenvalue weighted by atomic mass is 9.96. The summed E-state index contributed by atoms with van der Waals surface area (Å²) in [6.45, 7) is 9.34. The predicted octanol–water partition coefficient (Wildman–Crippen LogP) is 1.80. The van der Waals surface area contributed by atoms with E-state index in [2.05, 4.69) is 35.2 Å². The standard InChI is InChI=1S/C14H26N4/c1-4-18-9-6-13(7-10-18)11-15-12(2)14-5-8-16-17(14)3/h5,8,12-13,15H,4,6-7,9-11H2,1-3H3. The molecule has 18 heavy (non-hydrogen) atoms. The molecule has 0 saturated carbocycles. The largest absolute Gasteiger partial charge is 0.309 e. The summed E-state index contributed by atoms with van der Waals surface area (Å²) in [6, 6.07) is 2.49. The third kappa shape index (κ3) is 3.33. The van der Waals surface area contributed by atoms with Crippen LogP contribution in [0.5, 0.6) is 0 Å². The number of aryl methyl sites for hydroxylation is 1. The van der Waals surface area contributed by atoms with Gasteiger partial charge in [-0.05, 0) is 57.9 Å². The normalized spacial score (nSPS) is 20.2.